The zero-order chi connectivity index (χ0) is 19.9. The monoisotopic (exact) mass is 374 g/mol. The molecule has 1 aromatic carbocycles. The molecule has 0 bridgehead atoms. The molecule has 1 heterocycles. The van der Waals surface area contributed by atoms with Crippen LogP contribution in [0.5, 0.6) is 11.5 Å². The lowest BCUT2D eigenvalue weighted by molar-refractivity contribution is -0.123. The summed E-state index contributed by atoms with van der Waals surface area (Å²) in [5, 5.41) is 2.86. The molecule has 1 amide bonds. The van der Waals surface area contributed by atoms with Gasteiger partial charge in [-0.05, 0) is 32.4 Å². The normalized spacial score (nSPS) is 11.3. The number of hydrogen-bond donors (Lipinski definition) is 1. The van der Waals surface area contributed by atoms with Gasteiger partial charge in [-0.1, -0.05) is 32.9 Å². The molecule has 2 aromatic rings. The first-order chi connectivity index (χ1) is 12.8. The molecule has 0 aliphatic rings. The van der Waals surface area contributed by atoms with Crippen molar-refractivity contribution in [3.63, 3.8) is 0 Å². The van der Waals surface area contributed by atoms with Crippen LogP contribution < -0.4 is 14.8 Å². The Kier molecular flexibility index (Phi) is 7.28. The Morgan fingerprint density at radius 3 is 2.44 bits per heavy atom. The first-order valence-electron chi connectivity index (χ1n) is 9.39. The number of hydrogen-bond acceptors (Lipinski definition) is 5. The molecule has 0 radical (unpaired) electrons. The number of carbonyl (C=O) groups excluding carboxylic acids is 1. The maximum Gasteiger partial charge on any atom is 0.257 e. The van der Waals surface area contributed by atoms with Crippen LogP contribution in [0.25, 0.3) is 0 Å². The van der Waals surface area contributed by atoms with Crippen LogP contribution in [0.15, 0.2) is 28.7 Å². The predicted octanol–water partition coefficient (Wildman–Crippen LogP) is 3.81. The summed E-state index contributed by atoms with van der Waals surface area (Å²) >= 11 is 0. The Bertz CT molecular complexity index is 747. The van der Waals surface area contributed by atoms with Crippen LogP contribution in [0.3, 0.4) is 0 Å². The number of carbonyl (C=O) groups is 1. The molecule has 0 aliphatic carbocycles. The van der Waals surface area contributed by atoms with Crippen LogP contribution in [0.1, 0.15) is 51.5 Å². The van der Waals surface area contributed by atoms with Gasteiger partial charge < -0.3 is 19.2 Å². The van der Waals surface area contributed by atoms with Crippen LogP contribution in [0.2, 0.25) is 0 Å². The minimum atomic E-state index is -0.161. The first-order valence-corrected chi connectivity index (χ1v) is 9.39. The second kappa shape index (κ2) is 9.44. The molecule has 0 saturated carbocycles. The Hall–Kier alpha value is -2.50. The highest BCUT2D eigenvalue weighted by atomic mass is 16.5. The first kappa shape index (κ1) is 20.8. The molecular formula is C21H30N2O4. The lowest BCUT2D eigenvalue weighted by Crippen LogP contribution is -2.30. The maximum atomic E-state index is 12.0. The van der Waals surface area contributed by atoms with Gasteiger partial charge in [-0.25, -0.2) is 4.98 Å². The van der Waals surface area contributed by atoms with Gasteiger partial charge in [-0.2, -0.15) is 0 Å². The summed E-state index contributed by atoms with van der Waals surface area (Å²) in [6.07, 6.45) is 1.52. The van der Waals surface area contributed by atoms with Crippen molar-refractivity contribution in [1.29, 1.82) is 0 Å². The van der Waals surface area contributed by atoms with E-state index in [-0.39, 0.29) is 17.9 Å². The Morgan fingerprint density at radius 2 is 1.85 bits per heavy atom. The van der Waals surface area contributed by atoms with E-state index < -0.39 is 0 Å². The van der Waals surface area contributed by atoms with Crippen molar-refractivity contribution in [2.45, 2.75) is 52.9 Å². The number of oxazole rings is 1. The second-order valence-electron chi connectivity index (χ2n) is 7.40. The number of rotatable bonds is 9. The number of benzene rings is 1. The standard InChI is InChI=1S/C21H30N2O4/c1-6-25-17-10-7-8-11-18(17)26-14-19(24)22-13-9-12-16-15(2)23-20(27-16)21(3,4)5/h7-8,10-11H,6,9,12-14H2,1-5H3,(H,22,24). The molecule has 1 N–H and O–H groups in total. The van der Waals surface area contributed by atoms with Crippen LogP contribution in [-0.4, -0.2) is 30.6 Å². The number of nitrogens with zero attached hydrogens (tertiary/aromatic N) is 1. The number of ether oxygens (including phenoxy) is 2. The average molecular weight is 374 g/mol. The highest BCUT2D eigenvalue weighted by Crippen LogP contribution is 2.26. The van der Waals surface area contributed by atoms with E-state index in [1.807, 2.05) is 32.0 Å². The maximum absolute atomic E-state index is 12.0. The number of para-hydroxylation sites is 2. The highest BCUT2D eigenvalue weighted by Gasteiger charge is 2.22. The Balaban J connectivity index is 1.73. The van der Waals surface area contributed by atoms with Crippen molar-refractivity contribution < 1.29 is 18.7 Å². The number of amides is 1. The van der Waals surface area contributed by atoms with E-state index in [0.717, 1.165) is 30.2 Å². The summed E-state index contributed by atoms with van der Waals surface area (Å²) in [4.78, 5) is 16.5. The fourth-order valence-corrected chi connectivity index (χ4v) is 2.50. The van der Waals surface area contributed by atoms with Crippen LogP contribution in [-0.2, 0) is 16.6 Å². The predicted molar refractivity (Wildman–Crippen MR) is 104 cm³/mol. The molecular weight excluding hydrogens is 344 g/mol. The van der Waals surface area contributed by atoms with Crippen LogP contribution in [0, 0.1) is 6.92 Å². The van der Waals surface area contributed by atoms with Gasteiger partial charge in [0.15, 0.2) is 24.0 Å². The summed E-state index contributed by atoms with van der Waals surface area (Å²) in [5.74, 6) is 2.69. The van der Waals surface area contributed by atoms with E-state index in [2.05, 4.69) is 31.1 Å². The third-order valence-corrected chi connectivity index (χ3v) is 3.94. The zero-order valence-electron chi connectivity index (χ0n) is 16.9. The summed E-state index contributed by atoms with van der Waals surface area (Å²) in [5.41, 5.74) is 0.814. The second-order valence-corrected chi connectivity index (χ2v) is 7.40. The Labute approximate surface area is 161 Å². The molecule has 0 atom stereocenters. The molecule has 1 aromatic heterocycles. The van der Waals surface area contributed by atoms with Crippen LogP contribution >= 0.6 is 0 Å². The van der Waals surface area contributed by atoms with Crippen molar-refractivity contribution in [3.8, 4) is 11.5 Å². The number of nitrogens with one attached hydrogen (secondary N) is 1. The van der Waals surface area contributed by atoms with Gasteiger partial charge in [0.2, 0.25) is 0 Å². The van der Waals surface area contributed by atoms with Crippen molar-refractivity contribution in [2.24, 2.45) is 0 Å². The zero-order valence-corrected chi connectivity index (χ0v) is 16.9. The molecule has 2 rings (SSSR count). The van der Waals surface area contributed by atoms with Crippen molar-refractivity contribution in [1.82, 2.24) is 10.3 Å². The third-order valence-electron chi connectivity index (χ3n) is 3.94. The van der Waals surface area contributed by atoms with Crippen molar-refractivity contribution in [3.05, 3.63) is 41.6 Å². The molecule has 6 nitrogen and oxygen atoms in total. The lowest BCUT2D eigenvalue weighted by atomic mass is 9.97. The fourth-order valence-electron chi connectivity index (χ4n) is 2.50. The number of aryl methyl sites for hydroxylation is 2. The molecule has 148 valence electrons. The summed E-state index contributed by atoms with van der Waals surface area (Å²) in [7, 11) is 0. The summed E-state index contributed by atoms with van der Waals surface area (Å²) in [6.45, 7) is 11.1. The summed E-state index contributed by atoms with van der Waals surface area (Å²) < 4.78 is 16.9. The fraction of sp³-hybridized carbons (Fsp3) is 0.524. The van der Waals surface area contributed by atoms with Gasteiger partial charge in [0.25, 0.3) is 5.91 Å². The highest BCUT2D eigenvalue weighted by molar-refractivity contribution is 5.77. The van der Waals surface area contributed by atoms with E-state index in [9.17, 15) is 4.79 Å². The number of aromatic nitrogens is 1. The molecule has 6 heteroatoms. The van der Waals surface area contributed by atoms with E-state index in [1.54, 1.807) is 6.07 Å². The van der Waals surface area contributed by atoms with Gasteiger partial charge in [0.05, 0.1) is 12.3 Å². The summed E-state index contributed by atoms with van der Waals surface area (Å²) in [6, 6.07) is 7.33. The largest absolute Gasteiger partial charge is 0.490 e. The van der Waals surface area contributed by atoms with Crippen molar-refractivity contribution >= 4 is 5.91 Å². The SMILES string of the molecule is CCOc1ccccc1OCC(=O)NCCCc1oc(C(C)(C)C)nc1C. The van der Waals surface area contributed by atoms with Crippen molar-refractivity contribution in [2.75, 3.05) is 19.8 Å². The molecule has 0 fully saturated rings. The van der Waals surface area contributed by atoms with Gasteiger partial charge >= 0.3 is 0 Å². The molecule has 0 saturated heterocycles. The van der Waals surface area contributed by atoms with Gasteiger partial charge in [0.1, 0.15) is 5.76 Å². The van der Waals surface area contributed by atoms with Gasteiger partial charge in [0, 0.05) is 18.4 Å². The smallest absolute Gasteiger partial charge is 0.257 e. The average Bonchev–Trinajstić information content (AvgIpc) is 2.99. The van der Waals surface area contributed by atoms with E-state index in [4.69, 9.17) is 13.9 Å². The molecule has 0 aliphatic heterocycles. The molecule has 0 spiro atoms. The minimum absolute atomic E-state index is 0.0421. The van der Waals surface area contributed by atoms with Crippen LogP contribution in [0.4, 0.5) is 0 Å². The topological polar surface area (TPSA) is 73.6 Å². The Morgan fingerprint density at radius 1 is 1.19 bits per heavy atom. The van der Waals surface area contributed by atoms with E-state index >= 15 is 0 Å². The minimum Gasteiger partial charge on any atom is -0.490 e. The molecule has 27 heavy (non-hydrogen) atoms. The van der Waals surface area contributed by atoms with E-state index in [1.165, 1.54) is 0 Å². The lowest BCUT2D eigenvalue weighted by Gasteiger charge is -2.12. The third kappa shape index (κ3) is 6.31. The van der Waals surface area contributed by atoms with E-state index in [0.29, 0.717) is 24.7 Å². The van der Waals surface area contributed by atoms with Gasteiger partial charge in [-0.15, -0.1) is 0 Å². The quantitative estimate of drug-likeness (QED) is 0.676. The molecule has 0 unspecified atom stereocenters. The van der Waals surface area contributed by atoms with Gasteiger partial charge in [-0.3, -0.25) is 4.79 Å².